The van der Waals surface area contributed by atoms with E-state index in [-0.39, 0.29) is 18.9 Å². The molecule has 0 radical (unpaired) electrons. The first-order valence-corrected chi connectivity index (χ1v) is 6.02. The average molecular weight is 265 g/mol. The maximum Gasteiger partial charge on any atom is 0.317 e. The van der Waals surface area contributed by atoms with E-state index in [1.807, 2.05) is 0 Å². The number of carbonyl (C=O) groups is 2. The molecule has 6 nitrogen and oxygen atoms in total. The first-order chi connectivity index (χ1) is 9.16. The number of ether oxygens (including phenoxy) is 2. The van der Waals surface area contributed by atoms with Crippen LogP contribution in [0.5, 0.6) is 11.5 Å². The van der Waals surface area contributed by atoms with Gasteiger partial charge in [-0.05, 0) is 18.2 Å². The van der Waals surface area contributed by atoms with E-state index in [4.69, 9.17) is 14.6 Å². The summed E-state index contributed by atoms with van der Waals surface area (Å²) in [5, 5.41) is 11.0. The van der Waals surface area contributed by atoms with Gasteiger partial charge in [-0.15, -0.1) is 0 Å². The molecule has 102 valence electrons. The van der Waals surface area contributed by atoms with Crippen LogP contribution >= 0.6 is 0 Å². The molecule has 0 aliphatic carbocycles. The number of carboxylic acid groups (broad SMARTS) is 1. The summed E-state index contributed by atoms with van der Waals surface area (Å²) in [6, 6.07) is 4.98. The van der Waals surface area contributed by atoms with Crippen LogP contribution in [0.2, 0.25) is 0 Å². The molecule has 0 spiro atoms. The summed E-state index contributed by atoms with van der Waals surface area (Å²) in [5.74, 6) is 0.0116. The van der Waals surface area contributed by atoms with E-state index in [1.165, 1.54) is 0 Å². The minimum atomic E-state index is -0.994. The van der Waals surface area contributed by atoms with Crippen LogP contribution in [0.25, 0.3) is 0 Å². The molecule has 0 amide bonds. The van der Waals surface area contributed by atoms with Gasteiger partial charge in [0.2, 0.25) is 0 Å². The molecule has 0 unspecified atom stereocenters. The summed E-state index contributed by atoms with van der Waals surface area (Å²) in [7, 11) is 0. The van der Waals surface area contributed by atoms with Crippen LogP contribution in [-0.4, -0.2) is 43.2 Å². The molecule has 1 aliphatic rings. The standard InChI is InChI=1S/C13H15NO5/c15-10(7-14-8-13(16)17)9-2-3-11-12(6-9)19-5-1-4-18-11/h2-3,6,14H,1,4-5,7-8H2,(H,16,17). The molecule has 1 aromatic carbocycles. The van der Waals surface area contributed by atoms with Crippen LogP contribution in [0, 0.1) is 0 Å². The van der Waals surface area contributed by atoms with Crippen molar-refractivity contribution in [3.05, 3.63) is 23.8 Å². The fourth-order valence-electron chi connectivity index (χ4n) is 1.72. The van der Waals surface area contributed by atoms with Crippen LogP contribution in [0.4, 0.5) is 0 Å². The van der Waals surface area contributed by atoms with Crippen LogP contribution in [0.3, 0.4) is 0 Å². The minimum absolute atomic E-state index is 0.0219. The average Bonchev–Trinajstić information content (AvgIpc) is 2.62. The van der Waals surface area contributed by atoms with Crippen LogP contribution in [0.1, 0.15) is 16.8 Å². The van der Waals surface area contributed by atoms with Crippen LogP contribution < -0.4 is 14.8 Å². The lowest BCUT2D eigenvalue weighted by Gasteiger charge is -2.09. The number of fused-ring (bicyclic) bond motifs is 1. The Bertz CT molecular complexity index is 486. The lowest BCUT2D eigenvalue weighted by atomic mass is 10.1. The van der Waals surface area contributed by atoms with E-state index in [0.717, 1.165) is 6.42 Å². The van der Waals surface area contributed by atoms with Crippen molar-refractivity contribution in [2.45, 2.75) is 6.42 Å². The molecule has 0 aromatic heterocycles. The molecule has 0 saturated heterocycles. The van der Waals surface area contributed by atoms with Crippen molar-refractivity contribution in [3.8, 4) is 11.5 Å². The SMILES string of the molecule is O=C(O)CNCC(=O)c1ccc2c(c1)OCCCO2. The fourth-order valence-corrected chi connectivity index (χ4v) is 1.72. The highest BCUT2D eigenvalue weighted by Gasteiger charge is 2.14. The van der Waals surface area contributed by atoms with E-state index >= 15 is 0 Å². The number of rotatable bonds is 5. The summed E-state index contributed by atoms with van der Waals surface area (Å²) < 4.78 is 11.0. The number of aliphatic carboxylic acids is 1. The predicted molar refractivity (Wildman–Crippen MR) is 66.9 cm³/mol. The van der Waals surface area contributed by atoms with E-state index in [1.54, 1.807) is 18.2 Å². The third-order valence-corrected chi connectivity index (χ3v) is 2.63. The number of Topliss-reactive ketones (excluding diaryl/α,β-unsaturated/α-hetero) is 1. The molecule has 19 heavy (non-hydrogen) atoms. The van der Waals surface area contributed by atoms with Gasteiger partial charge < -0.3 is 14.6 Å². The Kier molecular flexibility index (Phi) is 4.35. The maximum atomic E-state index is 11.8. The van der Waals surface area contributed by atoms with Gasteiger partial charge in [-0.25, -0.2) is 0 Å². The molecule has 0 saturated carbocycles. The Hall–Kier alpha value is -2.08. The van der Waals surface area contributed by atoms with Crippen molar-refractivity contribution in [2.24, 2.45) is 0 Å². The van der Waals surface area contributed by atoms with E-state index in [9.17, 15) is 9.59 Å². The van der Waals surface area contributed by atoms with Gasteiger partial charge >= 0.3 is 5.97 Å². The molecule has 2 N–H and O–H groups in total. The van der Waals surface area contributed by atoms with E-state index in [0.29, 0.717) is 30.3 Å². The third kappa shape index (κ3) is 3.69. The lowest BCUT2D eigenvalue weighted by Crippen LogP contribution is -2.28. The fraction of sp³-hybridized carbons (Fsp3) is 0.385. The molecule has 0 bridgehead atoms. The van der Waals surface area contributed by atoms with Gasteiger partial charge in [0.05, 0.1) is 26.3 Å². The van der Waals surface area contributed by atoms with Crippen LogP contribution in [0.15, 0.2) is 18.2 Å². The van der Waals surface area contributed by atoms with Gasteiger partial charge in [-0.3, -0.25) is 14.9 Å². The zero-order chi connectivity index (χ0) is 13.7. The molecule has 0 fully saturated rings. The molecular formula is C13H15NO5. The molecule has 1 heterocycles. The van der Waals surface area contributed by atoms with E-state index in [2.05, 4.69) is 5.32 Å². The highest BCUT2D eigenvalue weighted by molar-refractivity contribution is 5.98. The minimum Gasteiger partial charge on any atom is -0.490 e. The lowest BCUT2D eigenvalue weighted by molar-refractivity contribution is -0.135. The highest BCUT2D eigenvalue weighted by atomic mass is 16.5. The first kappa shape index (κ1) is 13.4. The van der Waals surface area contributed by atoms with Crippen molar-refractivity contribution in [1.29, 1.82) is 0 Å². The number of hydrogen-bond acceptors (Lipinski definition) is 5. The summed E-state index contributed by atoms with van der Waals surface area (Å²) >= 11 is 0. The topological polar surface area (TPSA) is 84.9 Å². The number of ketones is 1. The third-order valence-electron chi connectivity index (χ3n) is 2.63. The van der Waals surface area contributed by atoms with Gasteiger partial charge in [-0.1, -0.05) is 0 Å². The van der Waals surface area contributed by atoms with Gasteiger partial charge in [0.1, 0.15) is 0 Å². The van der Waals surface area contributed by atoms with Crippen LogP contribution in [-0.2, 0) is 4.79 Å². The Balaban J connectivity index is 2.02. The first-order valence-electron chi connectivity index (χ1n) is 6.02. The normalized spacial score (nSPS) is 13.7. The number of carbonyl (C=O) groups excluding carboxylic acids is 1. The van der Waals surface area contributed by atoms with Crippen molar-refractivity contribution in [2.75, 3.05) is 26.3 Å². The second kappa shape index (κ2) is 6.19. The van der Waals surface area contributed by atoms with Gasteiger partial charge in [0, 0.05) is 12.0 Å². The second-order valence-electron chi connectivity index (χ2n) is 4.13. The zero-order valence-corrected chi connectivity index (χ0v) is 10.3. The second-order valence-corrected chi connectivity index (χ2v) is 4.13. The molecule has 6 heteroatoms. The Morgan fingerprint density at radius 1 is 1.16 bits per heavy atom. The Labute approximate surface area is 110 Å². The molecule has 0 atom stereocenters. The van der Waals surface area contributed by atoms with Gasteiger partial charge in [0.15, 0.2) is 17.3 Å². The Morgan fingerprint density at radius 2 is 1.89 bits per heavy atom. The predicted octanol–water partition coefficient (Wildman–Crippen LogP) is 0.705. The number of benzene rings is 1. The highest BCUT2D eigenvalue weighted by Crippen LogP contribution is 2.30. The molecule has 1 aromatic rings. The summed E-state index contributed by atoms with van der Waals surface area (Å²) in [6.07, 6.45) is 0.804. The zero-order valence-electron chi connectivity index (χ0n) is 10.3. The molecule has 2 rings (SSSR count). The number of nitrogens with one attached hydrogen (secondary N) is 1. The van der Waals surface area contributed by atoms with Gasteiger partial charge in [-0.2, -0.15) is 0 Å². The molecular weight excluding hydrogens is 250 g/mol. The summed E-state index contributed by atoms with van der Waals surface area (Å²) in [4.78, 5) is 22.2. The largest absolute Gasteiger partial charge is 0.490 e. The summed E-state index contributed by atoms with van der Waals surface area (Å²) in [5.41, 5.74) is 0.474. The van der Waals surface area contributed by atoms with Crippen molar-refractivity contribution in [1.82, 2.24) is 5.32 Å². The van der Waals surface area contributed by atoms with E-state index < -0.39 is 5.97 Å². The quantitative estimate of drug-likeness (QED) is 0.762. The smallest absolute Gasteiger partial charge is 0.317 e. The van der Waals surface area contributed by atoms with Crippen molar-refractivity contribution in [3.63, 3.8) is 0 Å². The summed E-state index contributed by atoms with van der Waals surface area (Å²) in [6.45, 7) is 0.893. The number of hydrogen-bond donors (Lipinski definition) is 2. The monoisotopic (exact) mass is 265 g/mol. The van der Waals surface area contributed by atoms with Crippen molar-refractivity contribution < 1.29 is 24.2 Å². The van der Waals surface area contributed by atoms with Crippen molar-refractivity contribution >= 4 is 11.8 Å². The maximum absolute atomic E-state index is 11.8. The Morgan fingerprint density at radius 3 is 2.63 bits per heavy atom. The molecule has 1 aliphatic heterocycles. The van der Waals surface area contributed by atoms with Gasteiger partial charge in [0.25, 0.3) is 0 Å². The number of carboxylic acids is 1.